The second-order valence-electron chi connectivity index (χ2n) is 5.52. The van der Waals surface area contributed by atoms with Gasteiger partial charge in [0.25, 0.3) is 5.91 Å². The van der Waals surface area contributed by atoms with E-state index >= 15 is 0 Å². The highest BCUT2D eigenvalue weighted by Crippen LogP contribution is 2.25. The Kier molecular flexibility index (Phi) is 4.72. The van der Waals surface area contributed by atoms with Crippen LogP contribution in [0.1, 0.15) is 27.8 Å². The number of phenolic OH excluding ortho intramolecular Hbond substituents is 1. The van der Waals surface area contributed by atoms with E-state index < -0.39 is 6.04 Å². The summed E-state index contributed by atoms with van der Waals surface area (Å²) in [7, 11) is 1.81. The molecule has 2 N–H and O–H groups in total. The number of carbonyl (C=O) groups is 1. The number of nitrogens with zero attached hydrogens (tertiary/aromatic N) is 2. The molecule has 0 fully saturated rings. The summed E-state index contributed by atoms with van der Waals surface area (Å²) < 4.78 is 15.0. The smallest absolute Gasteiger partial charge is 0.252 e. The van der Waals surface area contributed by atoms with Gasteiger partial charge in [-0.25, -0.2) is 9.37 Å². The lowest BCUT2D eigenvalue weighted by Gasteiger charge is -2.19. The summed E-state index contributed by atoms with van der Waals surface area (Å²) in [6.45, 7) is 0. The monoisotopic (exact) mass is 359 g/mol. The molecule has 1 amide bonds. The van der Waals surface area contributed by atoms with Crippen LogP contribution < -0.4 is 5.32 Å². The lowest BCUT2D eigenvalue weighted by atomic mass is 10.1. The number of imidazole rings is 1. The van der Waals surface area contributed by atoms with Gasteiger partial charge < -0.3 is 15.0 Å². The average Bonchev–Trinajstić information content (AvgIpc) is 3.01. The average molecular weight is 360 g/mol. The summed E-state index contributed by atoms with van der Waals surface area (Å²) in [5, 5.41) is 12.4. The Morgan fingerprint density at radius 3 is 2.60 bits per heavy atom. The van der Waals surface area contributed by atoms with Gasteiger partial charge >= 0.3 is 0 Å². The summed E-state index contributed by atoms with van der Waals surface area (Å²) in [4.78, 5) is 16.9. The highest BCUT2D eigenvalue weighted by atomic mass is 35.5. The minimum Gasteiger partial charge on any atom is -0.506 e. The highest BCUT2D eigenvalue weighted by molar-refractivity contribution is 6.32. The molecule has 0 unspecified atom stereocenters. The molecule has 1 aromatic heterocycles. The molecule has 3 rings (SSSR count). The van der Waals surface area contributed by atoms with Crippen molar-refractivity contribution < 1.29 is 14.3 Å². The number of carbonyl (C=O) groups excluding carboxylic acids is 1. The molecule has 0 radical (unpaired) electrons. The fraction of sp³-hybridized carbons (Fsp3) is 0.111. The first-order valence-corrected chi connectivity index (χ1v) is 7.85. The maximum Gasteiger partial charge on any atom is 0.252 e. The molecule has 1 atom stereocenters. The van der Waals surface area contributed by atoms with E-state index in [4.69, 9.17) is 11.6 Å². The highest BCUT2D eigenvalue weighted by Gasteiger charge is 2.22. The molecule has 5 nitrogen and oxygen atoms in total. The van der Waals surface area contributed by atoms with Crippen LogP contribution in [0.15, 0.2) is 54.9 Å². The summed E-state index contributed by atoms with van der Waals surface area (Å²) in [6, 6.07) is 9.48. The Hall–Kier alpha value is -2.86. The second kappa shape index (κ2) is 6.94. The SMILES string of the molecule is Cn1ccnc1[C@H](NC(=O)c1ccc(O)c(Cl)c1)c1ccc(F)cc1. The number of aromatic nitrogens is 2. The lowest BCUT2D eigenvalue weighted by molar-refractivity contribution is 0.0941. The molecule has 25 heavy (non-hydrogen) atoms. The van der Waals surface area contributed by atoms with Crippen molar-refractivity contribution in [1.29, 1.82) is 0 Å². The van der Waals surface area contributed by atoms with Crippen molar-refractivity contribution in [3.05, 3.63) is 82.6 Å². The summed E-state index contributed by atoms with van der Waals surface area (Å²) in [5.41, 5.74) is 0.984. The van der Waals surface area contributed by atoms with Crippen LogP contribution in [0, 0.1) is 5.82 Å². The largest absolute Gasteiger partial charge is 0.506 e. The van der Waals surface area contributed by atoms with E-state index in [2.05, 4.69) is 10.3 Å². The maximum atomic E-state index is 13.2. The standard InChI is InChI=1S/C18H15ClFN3O2/c1-23-9-8-21-17(23)16(11-2-5-13(20)6-3-11)22-18(25)12-4-7-15(24)14(19)10-12/h2-10,16,24H,1H3,(H,22,25)/t16-/m1/s1. The van der Waals surface area contributed by atoms with Crippen molar-refractivity contribution in [2.45, 2.75) is 6.04 Å². The van der Waals surface area contributed by atoms with Gasteiger partial charge in [0.05, 0.1) is 5.02 Å². The van der Waals surface area contributed by atoms with Crippen molar-refractivity contribution in [3.8, 4) is 5.75 Å². The summed E-state index contributed by atoms with van der Waals surface area (Å²) >= 11 is 5.87. The molecule has 0 aliphatic heterocycles. The number of amides is 1. The molecule has 7 heteroatoms. The molecule has 2 aromatic carbocycles. The first-order valence-electron chi connectivity index (χ1n) is 7.48. The first-order chi connectivity index (χ1) is 12.0. The van der Waals surface area contributed by atoms with Crippen LogP contribution in [0.5, 0.6) is 5.75 Å². The quantitative estimate of drug-likeness (QED) is 0.750. The van der Waals surface area contributed by atoms with E-state index in [1.807, 2.05) is 7.05 Å². The maximum absolute atomic E-state index is 13.2. The van der Waals surface area contributed by atoms with Crippen LogP contribution in [0.25, 0.3) is 0 Å². The summed E-state index contributed by atoms with van der Waals surface area (Å²) in [5.74, 6) is -0.250. The molecule has 3 aromatic rings. The number of hydrogen-bond acceptors (Lipinski definition) is 3. The zero-order valence-corrected chi connectivity index (χ0v) is 14.0. The predicted molar refractivity (Wildman–Crippen MR) is 92.0 cm³/mol. The Labute approximate surface area is 148 Å². The van der Waals surface area contributed by atoms with Gasteiger partial charge in [0, 0.05) is 25.0 Å². The molecular formula is C18H15ClFN3O2. The number of hydrogen-bond donors (Lipinski definition) is 2. The third-order valence-electron chi connectivity index (χ3n) is 3.81. The number of phenols is 1. The van der Waals surface area contributed by atoms with Crippen LogP contribution in [0.2, 0.25) is 5.02 Å². The van der Waals surface area contributed by atoms with Crippen LogP contribution in [0.4, 0.5) is 4.39 Å². The Morgan fingerprint density at radius 1 is 1.28 bits per heavy atom. The van der Waals surface area contributed by atoms with Crippen LogP contribution in [0.3, 0.4) is 0 Å². The minimum absolute atomic E-state index is 0.0861. The van der Waals surface area contributed by atoms with Gasteiger partial charge in [-0.05, 0) is 35.9 Å². The van der Waals surface area contributed by atoms with E-state index in [1.165, 1.54) is 30.3 Å². The van der Waals surface area contributed by atoms with Crippen molar-refractivity contribution in [2.24, 2.45) is 7.05 Å². The first kappa shape index (κ1) is 17.0. The number of aryl methyl sites for hydroxylation is 1. The van der Waals surface area contributed by atoms with Gasteiger partial charge in [0.15, 0.2) is 0 Å². The van der Waals surface area contributed by atoms with Crippen molar-refractivity contribution >= 4 is 17.5 Å². The van der Waals surface area contributed by atoms with Gasteiger partial charge in [0.1, 0.15) is 23.4 Å². The van der Waals surface area contributed by atoms with E-state index in [0.717, 1.165) is 0 Å². The fourth-order valence-electron chi connectivity index (χ4n) is 2.47. The Bertz CT molecular complexity index is 909. The van der Waals surface area contributed by atoms with Gasteiger partial charge in [-0.3, -0.25) is 4.79 Å². The minimum atomic E-state index is -0.569. The van der Waals surface area contributed by atoms with Gasteiger partial charge in [-0.1, -0.05) is 23.7 Å². The molecule has 0 bridgehead atoms. The lowest BCUT2D eigenvalue weighted by Crippen LogP contribution is -2.31. The van der Waals surface area contributed by atoms with Gasteiger partial charge in [-0.15, -0.1) is 0 Å². The number of rotatable bonds is 4. The van der Waals surface area contributed by atoms with E-state index in [0.29, 0.717) is 17.0 Å². The molecule has 0 saturated heterocycles. The van der Waals surface area contributed by atoms with E-state index in [-0.39, 0.29) is 22.5 Å². The molecule has 0 saturated carbocycles. The molecule has 128 valence electrons. The zero-order chi connectivity index (χ0) is 18.0. The fourth-order valence-corrected chi connectivity index (χ4v) is 2.65. The molecule has 0 spiro atoms. The van der Waals surface area contributed by atoms with Crippen LogP contribution in [-0.2, 0) is 7.05 Å². The number of aromatic hydroxyl groups is 1. The normalized spacial score (nSPS) is 12.0. The molecule has 1 heterocycles. The molecule has 0 aliphatic carbocycles. The van der Waals surface area contributed by atoms with Gasteiger partial charge in [-0.2, -0.15) is 0 Å². The van der Waals surface area contributed by atoms with Gasteiger partial charge in [0.2, 0.25) is 0 Å². The van der Waals surface area contributed by atoms with Crippen LogP contribution in [-0.4, -0.2) is 20.6 Å². The third-order valence-corrected chi connectivity index (χ3v) is 4.11. The Morgan fingerprint density at radius 2 is 2.00 bits per heavy atom. The number of halogens is 2. The molecular weight excluding hydrogens is 345 g/mol. The number of nitrogens with one attached hydrogen (secondary N) is 1. The van der Waals surface area contributed by atoms with Crippen molar-refractivity contribution in [1.82, 2.24) is 14.9 Å². The zero-order valence-electron chi connectivity index (χ0n) is 13.3. The molecule has 0 aliphatic rings. The second-order valence-corrected chi connectivity index (χ2v) is 5.93. The number of benzene rings is 2. The van der Waals surface area contributed by atoms with Crippen molar-refractivity contribution in [3.63, 3.8) is 0 Å². The van der Waals surface area contributed by atoms with Crippen LogP contribution >= 0.6 is 11.6 Å². The van der Waals surface area contributed by atoms with Crippen molar-refractivity contribution in [2.75, 3.05) is 0 Å². The summed E-state index contributed by atoms with van der Waals surface area (Å²) in [6.07, 6.45) is 3.38. The Balaban J connectivity index is 1.94. The van der Waals surface area contributed by atoms with E-state index in [9.17, 15) is 14.3 Å². The predicted octanol–water partition coefficient (Wildman–Crippen LogP) is 3.44. The third kappa shape index (κ3) is 3.64. The topological polar surface area (TPSA) is 67.2 Å². The van der Waals surface area contributed by atoms with E-state index in [1.54, 1.807) is 29.1 Å².